The fourth-order valence-electron chi connectivity index (χ4n) is 0.678. The van der Waals surface area contributed by atoms with E-state index in [0.29, 0.717) is 0 Å². The molecule has 64 valence electrons. The largest absolute Gasteiger partial charge is 0.496 e. The molecule has 0 saturated heterocycles. The predicted octanol–water partition coefficient (Wildman–Crippen LogP) is 0.347. The standard InChI is InChI=1S/C7H6O5/c1-11-4-2-5(7(9)10)12-6(8)3-4/h2-3H,1H3,(H,9,10). The SMILES string of the molecule is COc1cc(C(=O)O)oc(=O)c1. The van der Waals surface area contributed by atoms with Gasteiger partial charge < -0.3 is 14.3 Å². The van der Waals surface area contributed by atoms with E-state index in [4.69, 9.17) is 5.11 Å². The summed E-state index contributed by atoms with van der Waals surface area (Å²) in [5.74, 6) is -1.56. The van der Waals surface area contributed by atoms with Crippen LogP contribution in [0.2, 0.25) is 0 Å². The van der Waals surface area contributed by atoms with E-state index in [9.17, 15) is 9.59 Å². The average Bonchev–Trinajstić information content (AvgIpc) is 2.03. The van der Waals surface area contributed by atoms with Crippen molar-refractivity contribution >= 4 is 5.97 Å². The molecule has 0 aliphatic rings. The van der Waals surface area contributed by atoms with Crippen molar-refractivity contribution in [3.63, 3.8) is 0 Å². The molecule has 0 unspecified atom stereocenters. The molecular weight excluding hydrogens is 164 g/mol. The summed E-state index contributed by atoms with van der Waals surface area (Å²) in [6.45, 7) is 0. The Morgan fingerprint density at radius 1 is 1.58 bits per heavy atom. The van der Waals surface area contributed by atoms with E-state index in [-0.39, 0.29) is 5.75 Å². The van der Waals surface area contributed by atoms with E-state index in [1.807, 2.05) is 0 Å². The van der Waals surface area contributed by atoms with Crippen LogP contribution in [0.5, 0.6) is 5.75 Å². The number of aromatic carboxylic acids is 1. The molecule has 1 N–H and O–H groups in total. The predicted molar refractivity (Wildman–Crippen MR) is 38.5 cm³/mol. The molecule has 0 aromatic carbocycles. The number of rotatable bonds is 2. The van der Waals surface area contributed by atoms with E-state index >= 15 is 0 Å². The highest BCUT2D eigenvalue weighted by Gasteiger charge is 2.08. The van der Waals surface area contributed by atoms with Gasteiger partial charge in [-0.3, -0.25) is 0 Å². The molecule has 1 aromatic rings. The van der Waals surface area contributed by atoms with E-state index < -0.39 is 17.4 Å². The minimum absolute atomic E-state index is 0.170. The maximum absolute atomic E-state index is 10.7. The second-order valence-corrected chi connectivity index (χ2v) is 1.99. The van der Waals surface area contributed by atoms with Crippen molar-refractivity contribution in [2.45, 2.75) is 0 Å². The van der Waals surface area contributed by atoms with Crippen LogP contribution in [-0.4, -0.2) is 18.2 Å². The fourth-order valence-corrected chi connectivity index (χ4v) is 0.678. The van der Waals surface area contributed by atoms with Crippen LogP contribution in [0.25, 0.3) is 0 Å². The maximum atomic E-state index is 10.7. The molecule has 0 aliphatic carbocycles. The van der Waals surface area contributed by atoms with Crippen LogP contribution in [0.3, 0.4) is 0 Å². The first kappa shape index (κ1) is 8.32. The van der Waals surface area contributed by atoms with Gasteiger partial charge in [-0.25, -0.2) is 9.59 Å². The van der Waals surface area contributed by atoms with Crippen LogP contribution in [0.15, 0.2) is 21.3 Å². The van der Waals surface area contributed by atoms with Crippen molar-refractivity contribution < 1.29 is 19.1 Å². The van der Waals surface area contributed by atoms with Crippen molar-refractivity contribution in [2.24, 2.45) is 0 Å². The highest BCUT2D eigenvalue weighted by atomic mass is 16.5. The topological polar surface area (TPSA) is 76.7 Å². The van der Waals surface area contributed by atoms with E-state index in [2.05, 4.69) is 9.15 Å². The van der Waals surface area contributed by atoms with Crippen LogP contribution in [-0.2, 0) is 0 Å². The summed E-state index contributed by atoms with van der Waals surface area (Å²) in [5, 5.41) is 8.44. The first-order chi connectivity index (χ1) is 5.63. The Hall–Kier alpha value is -1.78. The minimum atomic E-state index is -1.30. The lowest BCUT2D eigenvalue weighted by Gasteiger charge is -1.97. The van der Waals surface area contributed by atoms with Gasteiger partial charge in [0.25, 0.3) is 0 Å². The Bertz CT molecular complexity index is 351. The molecule has 1 aromatic heterocycles. The molecule has 0 bridgehead atoms. The van der Waals surface area contributed by atoms with Crippen molar-refractivity contribution in [2.75, 3.05) is 7.11 Å². The van der Waals surface area contributed by atoms with Gasteiger partial charge in [-0.2, -0.15) is 0 Å². The van der Waals surface area contributed by atoms with Crippen LogP contribution in [0.4, 0.5) is 0 Å². The van der Waals surface area contributed by atoms with Crippen LogP contribution in [0.1, 0.15) is 10.6 Å². The number of ether oxygens (including phenoxy) is 1. The van der Waals surface area contributed by atoms with Crippen molar-refractivity contribution in [3.8, 4) is 5.75 Å². The first-order valence-corrected chi connectivity index (χ1v) is 3.06. The van der Waals surface area contributed by atoms with E-state index in [1.165, 1.54) is 7.11 Å². The third-order valence-electron chi connectivity index (χ3n) is 1.19. The average molecular weight is 170 g/mol. The third kappa shape index (κ3) is 1.63. The molecule has 0 radical (unpaired) electrons. The smallest absolute Gasteiger partial charge is 0.372 e. The molecule has 1 heterocycles. The molecule has 0 saturated carbocycles. The lowest BCUT2D eigenvalue weighted by Crippen LogP contribution is -2.05. The van der Waals surface area contributed by atoms with Crippen LogP contribution < -0.4 is 10.4 Å². The van der Waals surface area contributed by atoms with Gasteiger partial charge in [-0.1, -0.05) is 0 Å². The number of hydrogen-bond donors (Lipinski definition) is 1. The van der Waals surface area contributed by atoms with Gasteiger partial charge in [-0.15, -0.1) is 0 Å². The number of carbonyl (C=O) groups is 1. The van der Waals surface area contributed by atoms with Gasteiger partial charge >= 0.3 is 11.6 Å². The molecule has 0 amide bonds. The second-order valence-electron chi connectivity index (χ2n) is 1.99. The third-order valence-corrected chi connectivity index (χ3v) is 1.19. The Labute approximate surface area is 67.2 Å². The Morgan fingerprint density at radius 2 is 2.25 bits per heavy atom. The molecule has 12 heavy (non-hydrogen) atoms. The summed E-state index contributed by atoms with van der Waals surface area (Å²) in [4.78, 5) is 21.0. The summed E-state index contributed by atoms with van der Waals surface area (Å²) in [7, 11) is 1.33. The van der Waals surface area contributed by atoms with Crippen LogP contribution >= 0.6 is 0 Å². The van der Waals surface area contributed by atoms with Gasteiger partial charge in [0.2, 0.25) is 5.76 Å². The summed E-state index contributed by atoms with van der Waals surface area (Å²) in [6, 6.07) is 2.19. The zero-order valence-electron chi connectivity index (χ0n) is 6.23. The number of methoxy groups -OCH3 is 1. The van der Waals surface area contributed by atoms with Crippen molar-refractivity contribution in [1.82, 2.24) is 0 Å². The van der Waals surface area contributed by atoms with Crippen LogP contribution in [0, 0.1) is 0 Å². The summed E-state index contributed by atoms with van der Waals surface area (Å²) < 4.78 is 9.01. The normalized spacial score (nSPS) is 9.42. The van der Waals surface area contributed by atoms with Gasteiger partial charge in [0.15, 0.2) is 0 Å². The quantitative estimate of drug-likeness (QED) is 0.692. The summed E-state index contributed by atoms with van der Waals surface area (Å²) >= 11 is 0. The van der Waals surface area contributed by atoms with Gasteiger partial charge in [0.1, 0.15) is 5.75 Å². The monoisotopic (exact) mass is 170 g/mol. The molecule has 0 spiro atoms. The highest BCUT2D eigenvalue weighted by molar-refractivity contribution is 5.84. The highest BCUT2D eigenvalue weighted by Crippen LogP contribution is 2.08. The number of carboxylic acid groups (broad SMARTS) is 1. The van der Waals surface area contributed by atoms with Gasteiger partial charge in [-0.05, 0) is 0 Å². The molecule has 0 aliphatic heterocycles. The summed E-state index contributed by atoms with van der Waals surface area (Å²) in [5.41, 5.74) is -0.744. The lowest BCUT2D eigenvalue weighted by molar-refractivity contribution is 0.0656. The molecule has 0 fully saturated rings. The molecule has 5 heteroatoms. The zero-order valence-corrected chi connectivity index (χ0v) is 6.23. The van der Waals surface area contributed by atoms with Gasteiger partial charge in [0.05, 0.1) is 13.2 Å². The van der Waals surface area contributed by atoms with Gasteiger partial charge in [0, 0.05) is 6.07 Å². The van der Waals surface area contributed by atoms with E-state index in [0.717, 1.165) is 12.1 Å². The number of carboxylic acids is 1. The molecule has 1 rings (SSSR count). The Morgan fingerprint density at radius 3 is 2.75 bits per heavy atom. The first-order valence-electron chi connectivity index (χ1n) is 3.06. The fraction of sp³-hybridized carbons (Fsp3) is 0.143. The molecule has 0 atom stereocenters. The molecular formula is C7H6O5. The summed E-state index contributed by atoms with van der Waals surface area (Å²) in [6.07, 6.45) is 0. The van der Waals surface area contributed by atoms with Crippen molar-refractivity contribution in [3.05, 3.63) is 28.3 Å². The van der Waals surface area contributed by atoms with E-state index in [1.54, 1.807) is 0 Å². The maximum Gasteiger partial charge on any atom is 0.372 e. The number of hydrogen-bond acceptors (Lipinski definition) is 4. The molecule has 5 nitrogen and oxygen atoms in total. The minimum Gasteiger partial charge on any atom is -0.496 e. The lowest BCUT2D eigenvalue weighted by atomic mass is 10.4. The second kappa shape index (κ2) is 3.08. The Kier molecular flexibility index (Phi) is 2.14. The Balaban J connectivity index is 3.24. The van der Waals surface area contributed by atoms with Crippen molar-refractivity contribution in [1.29, 1.82) is 0 Å². The zero-order chi connectivity index (χ0) is 9.14.